The molecular weight excluding hydrogens is 214 g/mol. The predicted molar refractivity (Wildman–Crippen MR) is 62.2 cm³/mol. The summed E-state index contributed by atoms with van der Waals surface area (Å²) >= 11 is 1.70. The molecule has 78 valence electrons. The Kier molecular flexibility index (Phi) is 3.36. The maximum absolute atomic E-state index is 11.8. The van der Waals surface area contributed by atoms with E-state index >= 15 is 0 Å². The molecule has 3 unspecified atom stereocenters. The van der Waals surface area contributed by atoms with Crippen molar-refractivity contribution in [2.45, 2.75) is 24.6 Å². The van der Waals surface area contributed by atoms with Crippen LogP contribution in [-0.2, 0) is 10.8 Å². The SMILES string of the molecule is CC1CCNC(c2ccsc2)CS1=O. The molecule has 1 saturated heterocycles. The van der Waals surface area contributed by atoms with E-state index in [1.54, 1.807) is 11.3 Å². The third-order valence-corrected chi connectivity index (χ3v) is 5.16. The molecular formula is C10H15NOS2. The summed E-state index contributed by atoms with van der Waals surface area (Å²) in [6.45, 7) is 3.06. The zero-order valence-corrected chi connectivity index (χ0v) is 9.87. The van der Waals surface area contributed by atoms with E-state index in [0.29, 0.717) is 11.3 Å². The lowest BCUT2D eigenvalue weighted by atomic mass is 10.2. The lowest BCUT2D eigenvalue weighted by molar-refractivity contribution is 0.579. The van der Waals surface area contributed by atoms with Crippen LogP contribution >= 0.6 is 11.3 Å². The van der Waals surface area contributed by atoms with Gasteiger partial charge >= 0.3 is 0 Å². The Balaban J connectivity index is 2.10. The molecule has 1 aromatic rings. The van der Waals surface area contributed by atoms with Crippen molar-refractivity contribution in [3.8, 4) is 0 Å². The molecule has 0 bridgehead atoms. The van der Waals surface area contributed by atoms with Gasteiger partial charge < -0.3 is 5.32 Å². The molecule has 0 amide bonds. The van der Waals surface area contributed by atoms with E-state index in [4.69, 9.17) is 0 Å². The van der Waals surface area contributed by atoms with E-state index in [1.807, 2.05) is 0 Å². The summed E-state index contributed by atoms with van der Waals surface area (Å²) in [6, 6.07) is 2.42. The zero-order valence-electron chi connectivity index (χ0n) is 8.23. The van der Waals surface area contributed by atoms with Crippen LogP contribution in [0.15, 0.2) is 16.8 Å². The molecule has 0 saturated carbocycles. The minimum atomic E-state index is -0.675. The average molecular weight is 229 g/mol. The highest BCUT2D eigenvalue weighted by Gasteiger charge is 2.22. The van der Waals surface area contributed by atoms with Gasteiger partial charge in [-0.3, -0.25) is 4.21 Å². The first-order valence-electron chi connectivity index (χ1n) is 4.90. The molecule has 0 radical (unpaired) electrons. The average Bonchev–Trinajstić information content (AvgIpc) is 2.63. The van der Waals surface area contributed by atoms with Gasteiger partial charge in [-0.2, -0.15) is 11.3 Å². The lowest BCUT2D eigenvalue weighted by Crippen LogP contribution is -2.23. The summed E-state index contributed by atoms with van der Waals surface area (Å²) in [6.07, 6.45) is 1.02. The number of nitrogens with one attached hydrogen (secondary N) is 1. The Labute approximate surface area is 91.2 Å². The van der Waals surface area contributed by atoms with Gasteiger partial charge in [0.15, 0.2) is 0 Å². The van der Waals surface area contributed by atoms with Crippen LogP contribution in [0.25, 0.3) is 0 Å². The largest absolute Gasteiger partial charge is 0.309 e. The van der Waals surface area contributed by atoms with E-state index in [0.717, 1.165) is 18.7 Å². The lowest BCUT2D eigenvalue weighted by Gasteiger charge is -2.13. The third kappa shape index (κ3) is 2.24. The molecule has 0 spiro atoms. The molecule has 1 fully saturated rings. The van der Waals surface area contributed by atoms with Crippen LogP contribution in [0.3, 0.4) is 0 Å². The molecule has 2 heterocycles. The van der Waals surface area contributed by atoms with Crippen molar-refractivity contribution >= 4 is 22.1 Å². The molecule has 2 rings (SSSR count). The fraction of sp³-hybridized carbons (Fsp3) is 0.600. The quantitative estimate of drug-likeness (QED) is 0.797. The fourth-order valence-electron chi connectivity index (χ4n) is 1.67. The zero-order chi connectivity index (χ0) is 9.97. The molecule has 0 aromatic carbocycles. The molecule has 14 heavy (non-hydrogen) atoms. The van der Waals surface area contributed by atoms with Gasteiger partial charge in [0.2, 0.25) is 0 Å². The van der Waals surface area contributed by atoms with Gasteiger partial charge in [-0.1, -0.05) is 6.92 Å². The number of thiophene rings is 1. The summed E-state index contributed by atoms with van der Waals surface area (Å²) in [5.74, 6) is 0.762. The molecule has 1 aromatic heterocycles. The molecule has 2 nitrogen and oxygen atoms in total. The second-order valence-corrected chi connectivity index (χ2v) is 6.39. The summed E-state index contributed by atoms with van der Waals surface area (Å²) in [5, 5.41) is 8.02. The predicted octanol–water partition coefficient (Wildman–Crippen LogP) is 1.92. The van der Waals surface area contributed by atoms with Crippen LogP contribution in [0.1, 0.15) is 24.9 Å². The van der Waals surface area contributed by atoms with Crippen molar-refractivity contribution in [1.29, 1.82) is 0 Å². The van der Waals surface area contributed by atoms with Crippen molar-refractivity contribution in [3.05, 3.63) is 22.4 Å². The van der Waals surface area contributed by atoms with Gasteiger partial charge in [0, 0.05) is 27.8 Å². The summed E-state index contributed by atoms with van der Waals surface area (Å²) in [5.41, 5.74) is 1.29. The Morgan fingerprint density at radius 3 is 3.21 bits per heavy atom. The first kappa shape index (κ1) is 10.3. The van der Waals surface area contributed by atoms with Crippen molar-refractivity contribution < 1.29 is 4.21 Å². The van der Waals surface area contributed by atoms with Crippen LogP contribution in [0.4, 0.5) is 0 Å². The van der Waals surface area contributed by atoms with Gasteiger partial charge in [0.25, 0.3) is 0 Å². The van der Waals surface area contributed by atoms with Crippen molar-refractivity contribution in [2.75, 3.05) is 12.3 Å². The number of hydrogen-bond acceptors (Lipinski definition) is 3. The van der Waals surface area contributed by atoms with Crippen molar-refractivity contribution in [3.63, 3.8) is 0 Å². The third-order valence-electron chi connectivity index (χ3n) is 2.67. The second-order valence-electron chi connectivity index (χ2n) is 3.71. The van der Waals surface area contributed by atoms with Crippen LogP contribution < -0.4 is 5.32 Å². The second kappa shape index (κ2) is 4.55. The van der Waals surface area contributed by atoms with Gasteiger partial charge in [0.1, 0.15) is 0 Å². The van der Waals surface area contributed by atoms with Gasteiger partial charge in [-0.25, -0.2) is 0 Å². The molecule has 3 atom stereocenters. The van der Waals surface area contributed by atoms with Crippen LogP contribution in [0.5, 0.6) is 0 Å². The Hall–Kier alpha value is -0.190. The van der Waals surface area contributed by atoms with E-state index in [9.17, 15) is 4.21 Å². The highest BCUT2D eigenvalue weighted by Crippen LogP contribution is 2.21. The highest BCUT2D eigenvalue weighted by atomic mass is 32.2. The first-order chi connectivity index (χ1) is 6.77. The smallest absolute Gasteiger partial charge is 0.0445 e. The normalized spacial score (nSPS) is 33.9. The topological polar surface area (TPSA) is 29.1 Å². The highest BCUT2D eigenvalue weighted by molar-refractivity contribution is 7.85. The molecule has 1 aliphatic heterocycles. The van der Waals surface area contributed by atoms with Gasteiger partial charge in [-0.05, 0) is 35.4 Å². The molecule has 0 aliphatic carbocycles. The summed E-state index contributed by atoms with van der Waals surface area (Å²) in [4.78, 5) is 0. The van der Waals surface area contributed by atoms with Crippen LogP contribution in [0, 0.1) is 0 Å². The molecule has 4 heteroatoms. The number of hydrogen-bond donors (Lipinski definition) is 1. The van der Waals surface area contributed by atoms with E-state index in [-0.39, 0.29) is 0 Å². The first-order valence-corrected chi connectivity index (χ1v) is 7.22. The number of rotatable bonds is 1. The van der Waals surface area contributed by atoms with Crippen LogP contribution in [-0.4, -0.2) is 21.8 Å². The van der Waals surface area contributed by atoms with E-state index in [1.165, 1.54) is 5.56 Å². The van der Waals surface area contributed by atoms with E-state index in [2.05, 4.69) is 29.1 Å². The molecule has 1 N–H and O–H groups in total. The van der Waals surface area contributed by atoms with Crippen LogP contribution in [0.2, 0.25) is 0 Å². The maximum atomic E-state index is 11.8. The van der Waals surface area contributed by atoms with Gasteiger partial charge in [-0.15, -0.1) is 0 Å². The monoisotopic (exact) mass is 229 g/mol. The minimum Gasteiger partial charge on any atom is -0.309 e. The molecule has 1 aliphatic rings. The fourth-order valence-corrected chi connectivity index (χ4v) is 3.73. The standard InChI is InChI=1S/C10H15NOS2/c1-8-2-4-11-10(7-14(8)12)9-3-5-13-6-9/h3,5-6,8,10-11H,2,4,7H2,1H3. The Morgan fingerprint density at radius 2 is 2.50 bits per heavy atom. The van der Waals surface area contributed by atoms with Crippen molar-refractivity contribution in [2.24, 2.45) is 0 Å². The van der Waals surface area contributed by atoms with E-state index < -0.39 is 10.8 Å². The summed E-state index contributed by atoms with van der Waals surface area (Å²) in [7, 11) is -0.675. The maximum Gasteiger partial charge on any atom is 0.0445 e. The van der Waals surface area contributed by atoms with Gasteiger partial charge in [0.05, 0.1) is 0 Å². The summed E-state index contributed by atoms with van der Waals surface area (Å²) < 4.78 is 11.8. The Bertz CT molecular complexity index is 310. The Morgan fingerprint density at radius 1 is 1.64 bits per heavy atom. The van der Waals surface area contributed by atoms with Crippen molar-refractivity contribution in [1.82, 2.24) is 5.32 Å². The minimum absolute atomic E-state index is 0.298.